The number of hydrogen-bond acceptors (Lipinski definition) is 3. The molecule has 0 aliphatic heterocycles. The number of aryl methyl sites for hydroxylation is 1. The van der Waals surface area contributed by atoms with E-state index in [1.165, 1.54) is 0 Å². The van der Waals surface area contributed by atoms with Crippen molar-refractivity contribution in [2.75, 3.05) is 18.4 Å². The van der Waals surface area contributed by atoms with Gasteiger partial charge in [-0.15, -0.1) is 0 Å². The summed E-state index contributed by atoms with van der Waals surface area (Å²) >= 11 is 0. The summed E-state index contributed by atoms with van der Waals surface area (Å²) in [6, 6.07) is 11.6. The van der Waals surface area contributed by atoms with E-state index in [-0.39, 0.29) is 12.5 Å². The van der Waals surface area contributed by atoms with Crippen LogP contribution in [0.5, 0.6) is 0 Å². The smallest absolute Gasteiger partial charge is 0.239 e. The van der Waals surface area contributed by atoms with Crippen LogP contribution in [0.2, 0.25) is 0 Å². The number of amides is 1. The molecular formula is C14H18N4O. The van der Waals surface area contributed by atoms with Crippen molar-refractivity contribution < 1.29 is 4.79 Å². The number of hydrogen-bond donors (Lipinski definition) is 2. The average molecular weight is 258 g/mol. The standard InChI is InChI=1S/C14H18N4O/c1-18-13(8-10-17-18)7-9-15-14(19)11-16-12-5-3-2-4-6-12/h2-6,8,10,16H,7,9,11H2,1H3,(H,15,19). The third-order valence-electron chi connectivity index (χ3n) is 2.85. The lowest BCUT2D eigenvalue weighted by atomic mass is 10.3. The predicted molar refractivity (Wildman–Crippen MR) is 74.9 cm³/mol. The third kappa shape index (κ3) is 4.13. The van der Waals surface area contributed by atoms with Crippen molar-refractivity contribution in [3.63, 3.8) is 0 Å². The molecule has 5 nitrogen and oxygen atoms in total. The summed E-state index contributed by atoms with van der Waals surface area (Å²) in [6.45, 7) is 0.907. The molecule has 2 rings (SSSR count). The second-order valence-electron chi connectivity index (χ2n) is 4.27. The highest BCUT2D eigenvalue weighted by atomic mass is 16.1. The first-order chi connectivity index (χ1) is 9.25. The number of anilines is 1. The highest BCUT2D eigenvalue weighted by Crippen LogP contribution is 2.03. The van der Waals surface area contributed by atoms with Crippen LogP contribution in [0.4, 0.5) is 5.69 Å². The minimum Gasteiger partial charge on any atom is -0.376 e. The van der Waals surface area contributed by atoms with Gasteiger partial charge in [0.15, 0.2) is 0 Å². The van der Waals surface area contributed by atoms with Gasteiger partial charge >= 0.3 is 0 Å². The highest BCUT2D eigenvalue weighted by Gasteiger charge is 2.02. The van der Waals surface area contributed by atoms with E-state index < -0.39 is 0 Å². The lowest BCUT2D eigenvalue weighted by molar-refractivity contribution is -0.119. The molecule has 2 aromatic rings. The van der Waals surface area contributed by atoms with E-state index in [9.17, 15) is 4.79 Å². The second kappa shape index (κ2) is 6.58. The normalized spacial score (nSPS) is 10.2. The molecule has 0 bridgehead atoms. The van der Waals surface area contributed by atoms with Crippen LogP contribution in [0.15, 0.2) is 42.6 Å². The van der Waals surface area contributed by atoms with Gasteiger partial charge in [-0.3, -0.25) is 9.48 Å². The summed E-state index contributed by atoms with van der Waals surface area (Å²) in [7, 11) is 1.90. The summed E-state index contributed by atoms with van der Waals surface area (Å²) < 4.78 is 1.81. The van der Waals surface area contributed by atoms with Gasteiger partial charge < -0.3 is 10.6 Å². The number of carbonyl (C=O) groups is 1. The maximum atomic E-state index is 11.6. The SMILES string of the molecule is Cn1nccc1CCNC(=O)CNc1ccccc1. The van der Waals surface area contributed by atoms with E-state index in [2.05, 4.69) is 15.7 Å². The number of rotatable bonds is 6. The van der Waals surface area contributed by atoms with E-state index in [4.69, 9.17) is 0 Å². The molecule has 1 heterocycles. The van der Waals surface area contributed by atoms with Gasteiger partial charge in [0.1, 0.15) is 0 Å². The number of para-hydroxylation sites is 1. The van der Waals surface area contributed by atoms with Crippen LogP contribution in [-0.4, -0.2) is 28.8 Å². The van der Waals surface area contributed by atoms with Crippen LogP contribution >= 0.6 is 0 Å². The summed E-state index contributed by atoms with van der Waals surface area (Å²) in [5.74, 6) is -0.00831. The molecule has 0 radical (unpaired) electrons. The number of aromatic nitrogens is 2. The molecule has 0 spiro atoms. The van der Waals surface area contributed by atoms with E-state index in [0.29, 0.717) is 6.54 Å². The molecule has 0 unspecified atom stereocenters. The fourth-order valence-corrected chi connectivity index (χ4v) is 1.78. The molecule has 0 aliphatic rings. The molecular weight excluding hydrogens is 240 g/mol. The molecule has 2 N–H and O–H groups in total. The number of nitrogens with one attached hydrogen (secondary N) is 2. The van der Waals surface area contributed by atoms with E-state index >= 15 is 0 Å². The van der Waals surface area contributed by atoms with Gasteiger partial charge in [-0.1, -0.05) is 18.2 Å². The van der Waals surface area contributed by atoms with Gasteiger partial charge in [0.25, 0.3) is 0 Å². The van der Waals surface area contributed by atoms with Crippen molar-refractivity contribution in [1.82, 2.24) is 15.1 Å². The minimum absolute atomic E-state index is 0.00831. The van der Waals surface area contributed by atoms with Crippen molar-refractivity contribution in [2.24, 2.45) is 7.05 Å². The maximum absolute atomic E-state index is 11.6. The fourth-order valence-electron chi connectivity index (χ4n) is 1.78. The van der Waals surface area contributed by atoms with Crippen molar-refractivity contribution in [3.05, 3.63) is 48.3 Å². The molecule has 5 heteroatoms. The van der Waals surface area contributed by atoms with Crippen LogP contribution in [0, 0.1) is 0 Å². The van der Waals surface area contributed by atoms with Crippen LogP contribution in [0.3, 0.4) is 0 Å². The van der Waals surface area contributed by atoms with Crippen molar-refractivity contribution in [2.45, 2.75) is 6.42 Å². The Labute approximate surface area is 112 Å². The van der Waals surface area contributed by atoms with Crippen LogP contribution in [0.25, 0.3) is 0 Å². The molecule has 0 atom stereocenters. The van der Waals surface area contributed by atoms with Crippen LogP contribution in [-0.2, 0) is 18.3 Å². The Bertz CT molecular complexity index is 521. The molecule has 100 valence electrons. The number of benzene rings is 1. The first-order valence-corrected chi connectivity index (χ1v) is 6.28. The summed E-state index contributed by atoms with van der Waals surface area (Å²) in [4.78, 5) is 11.6. The summed E-state index contributed by atoms with van der Waals surface area (Å²) in [5, 5.41) is 10.0. The largest absolute Gasteiger partial charge is 0.376 e. The van der Waals surface area contributed by atoms with E-state index in [1.807, 2.05) is 48.1 Å². The molecule has 19 heavy (non-hydrogen) atoms. The van der Waals surface area contributed by atoms with E-state index in [1.54, 1.807) is 6.20 Å². The van der Waals surface area contributed by atoms with Gasteiger partial charge in [0, 0.05) is 37.6 Å². The van der Waals surface area contributed by atoms with E-state index in [0.717, 1.165) is 17.8 Å². The summed E-state index contributed by atoms with van der Waals surface area (Å²) in [6.07, 6.45) is 2.54. The monoisotopic (exact) mass is 258 g/mol. The Morgan fingerprint density at radius 1 is 1.26 bits per heavy atom. The Kier molecular flexibility index (Phi) is 4.55. The van der Waals surface area contributed by atoms with Crippen LogP contribution in [0.1, 0.15) is 5.69 Å². The van der Waals surface area contributed by atoms with Gasteiger partial charge in [0.05, 0.1) is 6.54 Å². The molecule has 1 aromatic heterocycles. The molecule has 1 aromatic carbocycles. The van der Waals surface area contributed by atoms with Crippen LogP contribution < -0.4 is 10.6 Å². The average Bonchev–Trinajstić information content (AvgIpc) is 2.83. The van der Waals surface area contributed by atoms with Crippen molar-refractivity contribution >= 4 is 11.6 Å². The Hall–Kier alpha value is -2.30. The zero-order valence-electron chi connectivity index (χ0n) is 11.0. The molecule has 1 amide bonds. The predicted octanol–water partition coefficient (Wildman–Crippen LogP) is 1.19. The second-order valence-corrected chi connectivity index (χ2v) is 4.27. The van der Waals surface area contributed by atoms with Gasteiger partial charge in [-0.25, -0.2) is 0 Å². The highest BCUT2D eigenvalue weighted by molar-refractivity contribution is 5.80. The first-order valence-electron chi connectivity index (χ1n) is 6.28. The quantitative estimate of drug-likeness (QED) is 0.818. The van der Waals surface area contributed by atoms with Crippen molar-refractivity contribution in [3.8, 4) is 0 Å². The third-order valence-corrected chi connectivity index (χ3v) is 2.85. The van der Waals surface area contributed by atoms with Gasteiger partial charge in [0.2, 0.25) is 5.91 Å². The van der Waals surface area contributed by atoms with Gasteiger partial charge in [-0.05, 0) is 18.2 Å². The molecule has 0 fully saturated rings. The molecule has 0 saturated heterocycles. The fraction of sp³-hybridized carbons (Fsp3) is 0.286. The topological polar surface area (TPSA) is 59.0 Å². The summed E-state index contributed by atoms with van der Waals surface area (Å²) in [5.41, 5.74) is 2.06. The molecule has 0 saturated carbocycles. The Balaban J connectivity index is 1.66. The lowest BCUT2D eigenvalue weighted by Gasteiger charge is -2.07. The lowest BCUT2D eigenvalue weighted by Crippen LogP contribution is -2.31. The molecule has 0 aliphatic carbocycles. The van der Waals surface area contributed by atoms with Crippen molar-refractivity contribution in [1.29, 1.82) is 0 Å². The zero-order chi connectivity index (χ0) is 13.5. The minimum atomic E-state index is -0.00831. The zero-order valence-corrected chi connectivity index (χ0v) is 11.0. The number of nitrogens with zero attached hydrogens (tertiary/aromatic N) is 2. The Morgan fingerprint density at radius 2 is 2.05 bits per heavy atom. The van der Waals surface area contributed by atoms with Gasteiger partial charge in [-0.2, -0.15) is 5.10 Å². The number of carbonyl (C=O) groups excluding carboxylic acids is 1. The maximum Gasteiger partial charge on any atom is 0.239 e. The first kappa shape index (κ1) is 13.1. The Morgan fingerprint density at radius 3 is 2.74 bits per heavy atom.